The van der Waals surface area contributed by atoms with Crippen molar-refractivity contribution in [1.29, 1.82) is 0 Å². The van der Waals surface area contributed by atoms with Crippen molar-refractivity contribution in [3.05, 3.63) is 0 Å². The number of hydrogen-bond donors (Lipinski definition) is 1. The summed E-state index contributed by atoms with van der Waals surface area (Å²) in [6, 6.07) is 0.323. The molecular weight excluding hydrogens is 236 g/mol. The Labute approximate surface area is 106 Å². The van der Waals surface area contributed by atoms with Gasteiger partial charge in [-0.3, -0.25) is 0 Å². The summed E-state index contributed by atoms with van der Waals surface area (Å²) in [6.45, 7) is 10.2. The molecule has 0 amide bonds. The SMILES string of the molecule is CCNC1CCCN(S(=O)(=O)CC(C)(C)C)C1. The van der Waals surface area contributed by atoms with Crippen molar-refractivity contribution < 1.29 is 8.42 Å². The molecule has 0 bridgehead atoms. The van der Waals surface area contributed by atoms with Gasteiger partial charge in [0.25, 0.3) is 0 Å². The minimum atomic E-state index is -3.10. The van der Waals surface area contributed by atoms with E-state index in [0.717, 1.165) is 19.4 Å². The smallest absolute Gasteiger partial charge is 0.214 e. The molecule has 1 heterocycles. The van der Waals surface area contributed by atoms with Gasteiger partial charge in [-0.05, 0) is 24.8 Å². The second kappa shape index (κ2) is 5.67. The van der Waals surface area contributed by atoms with Crippen molar-refractivity contribution in [2.75, 3.05) is 25.4 Å². The van der Waals surface area contributed by atoms with Crippen LogP contribution >= 0.6 is 0 Å². The molecule has 1 aliphatic rings. The van der Waals surface area contributed by atoms with Crippen LogP contribution in [0.2, 0.25) is 0 Å². The first-order valence-electron chi connectivity index (χ1n) is 6.46. The van der Waals surface area contributed by atoms with Crippen molar-refractivity contribution in [2.24, 2.45) is 5.41 Å². The van der Waals surface area contributed by atoms with Gasteiger partial charge in [-0.2, -0.15) is 0 Å². The van der Waals surface area contributed by atoms with Gasteiger partial charge in [0.1, 0.15) is 0 Å². The third kappa shape index (κ3) is 4.94. The lowest BCUT2D eigenvalue weighted by Gasteiger charge is -2.34. The summed E-state index contributed by atoms with van der Waals surface area (Å²) in [5.74, 6) is 0.235. The number of nitrogens with zero attached hydrogens (tertiary/aromatic N) is 1. The molecular formula is C12H26N2O2S. The van der Waals surface area contributed by atoms with Gasteiger partial charge in [-0.15, -0.1) is 0 Å². The summed E-state index contributed by atoms with van der Waals surface area (Å²) >= 11 is 0. The lowest BCUT2D eigenvalue weighted by Crippen LogP contribution is -2.49. The van der Waals surface area contributed by atoms with E-state index in [0.29, 0.717) is 19.1 Å². The van der Waals surface area contributed by atoms with E-state index < -0.39 is 10.0 Å². The predicted molar refractivity (Wildman–Crippen MR) is 71.5 cm³/mol. The third-order valence-electron chi connectivity index (χ3n) is 2.89. The largest absolute Gasteiger partial charge is 0.313 e. The number of likely N-dealkylation sites (N-methyl/N-ethyl adjacent to an activating group) is 1. The predicted octanol–water partition coefficient (Wildman–Crippen LogP) is 1.44. The highest BCUT2D eigenvalue weighted by molar-refractivity contribution is 7.89. The molecule has 0 aromatic rings. The summed E-state index contributed by atoms with van der Waals surface area (Å²) in [4.78, 5) is 0. The molecule has 17 heavy (non-hydrogen) atoms. The summed E-state index contributed by atoms with van der Waals surface area (Å²) in [6.07, 6.45) is 2.04. The van der Waals surface area contributed by atoms with Crippen LogP contribution in [0.5, 0.6) is 0 Å². The molecule has 1 N–H and O–H groups in total. The molecule has 0 spiro atoms. The number of nitrogens with one attached hydrogen (secondary N) is 1. The van der Waals surface area contributed by atoms with Crippen molar-refractivity contribution >= 4 is 10.0 Å². The first kappa shape index (κ1) is 14.9. The fraction of sp³-hybridized carbons (Fsp3) is 1.00. The van der Waals surface area contributed by atoms with Gasteiger partial charge in [-0.1, -0.05) is 27.7 Å². The molecule has 4 nitrogen and oxygen atoms in total. The second-order valence-electron chi connectivity index (χ2n) is 6.07. The maximum Gasteiger partial charge on any atom is 0.214 e. The zero-order valence-electron chi connectivity index (χ0n) is 11.5. The Morgan fingerprint density at radius 2 is 2.00 bits per heavy atom. The van der Waals surface area contributed by atoms with E-state index in [2.05, 4.69) is 12.2 Å². The molecule has 0 radical (unpaired) electrons. The van der Waals surface area contributed by atoms with E-state index in [1.807, 2.05) is 20.8 Å². The molecule has 0 aromatic carbocycles. The average molecular weight is 262 g/mol. The zero-order valence-corrected chi connectivity index (χ0v) is 12.3. The van der Waals surface area contributed by atoms with E-state index in [4.69, 9.17) is 0 Å². The van der Waals surface area contributed by atoms with Gasteiger partial charge in [0.05, 0.1) is 5.75 Å². The molecule has 1 aliphatic heterocycles. The Bertz CT molecular complexity index is 331. The molecule has 0 saturated carbocycles. The van der Waals surface area contributed by atoms with Crippen molar-refractivity contribution in [1.82, 2.24) is 9.62 Å². The Balaban J connectivity index is 2.65. The maximum absolute atomic E-state index is 12.2. The number of rotatable bonds is 4. The fourth-order valence-electron chi connectivity index (χ4n) is 2.29. The molecule has 1 saturated heterocycles. The Kier molecular flexibility index (Phi) is 4.98. The van der Waals surface area contributed by atoms with Gasteiger partial charge < -0.3 is 5.32 Å². The molecule has 1 fully saturated rings. The molecule has 102 valence electrons. The third-order valence-corrected chi connectivity index (χ3v) is 5.23. The van der Waals surface area contributed by atoms with Crippen LogP contribution < -0.4 is 5.32 Å². The topological polar surface area (TPSA) is 49.4 Å². The molecule has 0 aromatic heterocycles. The van der Waals surface area contributed by atoms with Crippen LogP contribution in [-0.2, 0) is 10.0 Å². The Morgan fingerprint density at radius 1 is 1.35 bits per heavy atom. The summed E-state index contributed by atoms with van der Waals surface area (Å²) in [5.41, 5.74) is -0.177. The van der Waals surface area contributed by atoms with Gasteiger partial charge in [0.2, 0.25) is 10.0 Å². The van der Waals surface area contributed by atoms with Gasteiger partial charge in [0, 0.05) is 19.1 Å². The first-order valence-corrected chi connectivity index (χ1v) is 8.07. The first-order chi connectivity index (χ1) is 7.74. The Hall–Kier alpha value is -0.130. The summed E-state index contributed by atoms with van der Waals surface area (Å²) < 4.78 is 26.2. The highest BCUT2D eigenvalue weighted by Gasteiger charge is 2.31. The highest BCUT2D eigenvalue weighted by Crippen LogP contribution is 2.21. The van der Waals surface area contributed by atoms with Crippen LogP contribution in [-0.4, -0.2) is 44.2 Å². The monoisotopic (exact) mass is 262 g/mol. The average Bonchev–Trinajstić information content (AvgIpc) is 2.15. The van der Waals surface area contributed by atoms with E-state index in [-0.39, 0.29) is 11.2 Å². The fourth-order valence-corrected chi connectivity index (χ4v) is 4.38. The molecule has 1 rings (SSSR count). The van der Waals surface area contributed by atoms with Crippen LogP contribution in [0.1, 0.15) is 40.5 Å². The standard InChI is InChI=1S/C12H26N2O2S/c1-5-13-11-7-6-8-14(9-11)17(15,16)10-12(2,3)4/h11,13H,5-10H2,1-4H3. The lowest BCUT2D eigenvalue weighted by molar-refractivity contribution is 0.282. The molecule has 0 aliphatic carbocycles. The normalized spacial score (nSPS) is 23.9. The van der Waals surface area contributed by atoms with Crippen LogP contribution in [0, 0.1) is 5.41 Å². The Morgan fingerprint density at radius 3 is 2.53 bits per heavy atom. The van der Waals surface area contributed by atoms with E-state index >= 15 is 0 Å². The van der Waals surface area contributed by atoms with Gasteiger partial charge in [0.15, 0.2) is 0 Å². The van der Waals surface area contributed by atoms with E-state index in [1.165, 1.54) is 0 Å². The van der Waals surface area contributed by atoms with Gasteiger partial charge in [-0.25, -0.2) is 12.7 Å². The highest BCUT2D eigenvalue weighted by atomic mass is 32.2. The van der Waals surface area contributed by atoms with Crippen molar-refractivity contribution in [2.45, 2.75) is 46.6 Å². The minimum Gasteiger partial charge on any atom is -0.313 e. The maximum atomic E-state index is 12.2. The minimum absolute atomic E-state index is 0.177. The second-order valence-corrected chi connectivity index (χ2v) is 8.04. The van der Waals surface area contributed by atoms with Crippen LogP contribution in [0.3, 0.4) is 0 Å². The number of sulfonamides is 1. The van der Waals surface area contributed by atoms with Gasteiger partial charge >= 0.3 is 0 Å². The zero-order chi connectivity index (χ0) is 13.1. The summed E-state index contributed by atoms with van der Waals surface area (Å²) in [7, 11) is -3.10. The van der Waals surface area contributed by atoms with E-state index in [9.17, 15) is 8.42 Å². The quantitative estimate of drug-likeness (QED) is 0.834. The molecule has 1 atom stereocenters. The molecule has 5 heteroatoms. The van der Waals surface area contributed by atoms with Crippen LogP contribution in [0.15, 0.2) is 0 Å². The van der Waals surface area contributed by atoms with E-state index in [1.54, 1.807) is 4.31 Å². The molecule has 1 unspecified atom stereocenters. The number of piperidine rings is 1. The van der Waals surface area contributed by atoms with Crippen LogP contribution in [0.4, 0.5) is 0 Å². The number of hydrogen-bond acceptors (Lipinski definition) is 3. The van der Waals surface area contributed by atoms with Crippen LogP contribution in [0.25, 0.3) is 0 Å². The summed E-state index contributed by atoms with van der Waals surface area (Å²) in [5, 5.41) is 3.34. The van der Waals surface area contributed by atoms with Crippen molar-refractivity contribution in [3.63, 3.8) is 0 Å². The van der Waals surface area contributed by atoms with Crippen molar-refractivity contribution in [3.8, 4) is 0 Å². The lowest BCUT2D eigenvalue weighted by atomic mass is 10.0.